The van der Waals surface area contributed by atoms with Crippen molar-refractivity contribution in [1.29, 1.82) is 0 Å². The first-order chi connectivity index (χ1) is 31.6. The number of rotatable bonds is 6. The first-order valence-corrected chi connectivity index (χ1v) is 21.6. The van der Waals surface area contributed by atoms with Crippen LogP contribution < -0.4 is 9.80 Å². The Balaban J connectivity index is 1.15. The van der Waals surface area contributed by atoms with Gasteiger partial charge >= 0.3 is 24.7 Å². The number of hydrogen-bond acceptors (Lipinski definition) is 2. The Hall–Kier alpha value is -6.44. The normalized spacial score (nSPS) is 18.3. The van der Waals surface area contributed by atoms with Gasteiger partial charge in [-0.2, -0.15) is 52.7 Å². The summed E-state index contributed by atoms with van der Waals surface area (Å²) in [5, 5.41) is 0. The molecule has 3 aliphatic rings. The number of fused-ring (bicyclic) bond motifs is 7. The average Bonchev–Trinajstić information content (AvgIpc) is 3.63. The summed E-state index contributed by atoms with van der Waals surface area (Å²) in [7, 11) is 0. The molecular formula is C54H42F12N2. The lowest BCUT2D eigenvalue weighted by molar-refractivity contribution is -0.138. The van der Waals surface area contributed by atoms with E-state index < -0.39 is 57.8 Å². The van der Waals surface area contributed by atoms with E-state index in [4.69, 9.17) is 0 Å². The maximum absolute atomic E-state index is 13.7. The summed E-state index contributed by atoms with van der Waals surface area (Å²) in [6, 6.07) is 25.8. The molecule has 6 aromatic carbocycles. The van der Waals surface area contributed by atoms with E-state index in [9.17, 15) is 52.7 Å². The quantitative estimate of drug-likeness (QED) is 0.154. The number of hydrogen-bond donors (Lipinski definition) is 0. The number of anilines is 5. The Bertz CT molecular complexity index is 2890. The van der Waals surface area contributed by atoms with E-state index >= 15 is 0 Å². The molecule has 6 aromatic rings. The molecule has 0 heterocycles. The molecule has 0 N–H and O–H groups in total. The molecule has 14 heteroatoms. The Morgan fingerprint density at radius 2 is 0.853 bits per heavy atom. The van der Waals surface area contributed by atoms with Gasteiger partial charge in [0.15, 0.2) is 0 Å². The number of aryl methyl sites for hydroxylation is 1. The second kappa shape index (κ2) is 15.5. The number of benzene rings is 6. The Morgan fingerprint density at radius 1 is 0.456 bits per heavy atom. The molecule has 0 saturated carbocycles. The minimum atomic E-state index is -4.62. The van der Waals surface area contributed by atoms with Crippen LogP contribution in [0.2, 0.25) is 0 Å². The summed E-state index contributed by atoms with van der Waals surface area (Å²) in [4.78, 5) is 3.29. The zero-order valence-corrected chi connectivity index (χ0v) is 37.3. The predicted octanol–water partition coefficient (Wildman–Crippen LogP) is 17.5. The van der Waals surface area contributed by atoms with Gasteiger partial charge in [-0.05, 0) is 179 Å². The summed E-state index contributed by atoms with van der Waals surface area (Å²) in [6.07, 6.45) is -14.5. The lowest BCUT2D eigenvalue weighted by atomic mass is 9.69. The minimum Gasteiger partial charge on any atom is -0.311 e. The Labute approximate surface area is 384 Å². The summed E-state index contributed by atoms with van der Waals surface area (Å²) in [6.45, 7) is 12.3. The first-order valence-electron chi connectivity index (χ1n) is 21.6. The first kappa shape index (κ1) is 46.7. The fraction of sp³-hybridized carbons (Fsp3) is 0.259. The number of allylic oxidation sites excluding steroid dienone is 3. The van der Waals surface area contributed by atoms with E-state index in [1.807, 2.05) is 38.1 Å². The predicted molar refractivity (Wildman–Crippen MR) is 240 cm³/mol. The van der Waals surface area contributed by atoms with Gasteiger partial charge < -0.3 is 9.80 Å². The molecule has 0 aromatic heterocycles. The van der Waals surface area contributed by atoms with Crippen LogP contribution in [0, 0.1) is 12.8 Å². The van der Waals surface area contributed by atoms with Gasteiger partial charge in [-0.1, -0.05) is 51.5 Å². The molecule has 0 amide bonds. The fourth-order valence-corrected chi connectivity index (χ4v) is 10.7. The zero-order valence-electron chi connectivity index (χ0n) is 37.3. The molecule has 2 unspecified atom stereocenters. The van der Waals surface area contributed by atoms with Gasteiger partial charge in [0.05, 0.1) is 22.3 Å². The lowest BCUT2D eigenvalue weighted by Crippen LogP contribution is -2.31. The molecule has 0 fully saturated rings. The van der Waals surface area contributed by atoms with Gasteiger partial charge in [0, 0.05) is 45.5 Å². The van der Waals surface area contributed by atoms with Gasteiger partial charge in [0.2, 0.25) is 0 Å². The topological polar surface area (TPSA) is 6.48 Å². The van der Waals surface area contributed by atoms with E-state index in [1.54, 1.807) is 9.80 Å². The van der Waals surface area contributed by atoms with E-state index in [2.05, 4.69) is 39.8 Å². The van der Waals surface area contributed by atoms with Gasteiger partial charge in [0.25, 0.3) is 0 Å². The number of nitrogens with zero attached hydrogens (tertiary/aromatic N) is 2. The van der Waals surface area contributed by atoms with Crippen LogP contribution in [0.3, 0.4) is 0 Å². The van der Waals surface area contributed by atoms with Crippen LogP contribution in [-0.4, -0.2) is 0 Å². The maximum atomic E-state index is 13.7. The van der Waals surface area contributed by atoms with Crippen molar-refractivity contribution in [2.24, 2.45) is 5.92 Å². The summed E-state index contributed by atoms with van der Waals surface area (Å²) in [5.41, 5.74) is 5.21. The molecule has 352 valence electrons. The van der Waals surface area contributed by atoms with Gasteiger partial charge in [-0.3, -0.25) is 0 Å². The molecule has 68 heavy (non-hydrogen) atoms. The van der Waals surface area contributed by atoms with Crippen LogP contribution in [0.1, 0.15) is 90.6 Å². The number of halogens is 12. The average molecular weight is 947 g/mol. The number of alkyl halides is 12. The third kappa shape index (κ3) is 7.73. The highest BCUT2D eigenvalue weighted by atomic mass is 19.4. The zero-order chi connectivity index (χ0) is 49.3. The monoisotopic (exact) mass is 946 g/mol. The van der Waals surface area contributed by atoms with Crippen molar-refractivity contribution in [3.8, 4) is 11.1 Å². The third-order valence-electron chi connectivity index (χ3n) is 13.8. The van der Waals surface area contributed by atoms with E-state index in [0.29, 0.717) is 34.1 Å². The van der Waals surface area contributed by atoms with Crippen molar-refractivity contribution < 1.29 is 52.7 Å². The van der Waals surface area contributed by atoms with Crippen LogP contribution >= 0.6 is 0 Å². The van der Waals surface area contributed by atoms with Crippen molar-refractivity contribution in [3.63, 3.8) is 0 Å². The molecule has 3 aliphatic carbocycles. The molecule has 0 radical (unpaired) electrons. The van der Waals surface area contributed by atoms with E-state index in [1.165, 1.54) is 48.5 Å². The molecular weight excluding hydrogens is 905 g/mol. The van der Waals surface area contributed by atoms with Crippen molar-refractivity contribution in [2.45, 2.75) is 83.0 Å². The van der Waals surface area contributed by atoms with E-state index in [0.717, 1.165) is 93.0 Å². The van der Waals surface area contributed by atoms with Crippen LogP contribution in [0.4, 0.5) is 81.1 Å². The van der Waals surface area contributed by atoms with E-state index in [-0.39, 0.29) is 11.8 Å². The van der Waals surface area contributed by atoms with Crippen molar-refractivity contribution in [3.05, 3.63) is 195 Å². The van der Waals surface area contributed by atoms with Gasteiger partial charge in [-0.25, -0.2) is 0 Å². The second-order valence-corrected chi connectivity index (χ2v) is 18.8. The van der Waals surface area contributed by atoms with Crippen LogP contribution in [-0.2, 0) is 35.5 Å². The lowest BCUT2D eigenvalue weighted by Gasteiger charge is -2.37. The van der Waals surface area contributed by atoms with Crippen molar-refractivity contribution in [2.75, 3.05) is 9.80 Å². The van der Waals surface area contributed by atoms with Crippen molar-refractivity contribution >= 4 is 28.4 Å². The van der Waals surface area contributed by atoms with Gasteiger partial charge in [0.1, 0.15) is 0 Å². The van der Waals surface area contributed by atoms with Crippen LogP contribution in [0.25, 0.3) is 11.1 Å². The van der Waals surface area contributed by atoms with Gasteiger partial charge in [-0.15, -0.1) is 0 Å². The van der Waals surface area contributed by atoms with Crippen LogP contribution in [0.15, 0.2) is 145 Å². The Morgan fingerprint density at radius 3 is 1.25 bits per heavy atom. The molecule has 0 saturated heterocycles. The fourth-order valence-electron chi connectivity index (χ4n) is 10.7. The highest BCUT2D eigenvalue weighted by Gasteiger charge is 2.53. The van der Waals surface area contributed by atoms with Crippen molar-refractivity contribution in [1.82, 2.24) is 0 Å². The maximum Gasteiger partial charge on any atom is 0.416 e. The molecule has 0 bridgehead atoms. The van der Waals surface area contributed by atoms with Crippen LogP contribution in [0.5, 0.6) is 0 Å². The largest absolute Gasteiger partial charge is 0.416 e. The third-order valence-corrected chi connectivity index (χ3v) is 13.8. The summed E-state index contributed by atoms with van der Waals surface area (Å²) >= 11 is 0. The SMILES string of the molecule is CC1=CC(N(c2ccc(C(F)(F)F)cc2)c2ccc(C(F)(F)F)cc2)=CC2C1c1ccc3c(c1C2(C)C)C(C)(C)c1cc(N(c2ccc(C(F)(F)F)cc2)c2ccc(C(F)(F)F)cc2)cc(C)c1-3. The second-order valence-electron chi connectivity index (χ2n) is 18.8. The molecule has 0 aliphatic heterocycles. The molecule has 0 spiro atoms. The highest BCUT2D eigenvalue weighted by molar-refractivity contribution is 5.90. The standard InChI is InChI=1S/C54H42F12N2/c1-29-25-39(67(35-15-7-31(8-16-35)51(55,56)57)36-17-9-32(10-18-36)52(58,59)60)27-43-45(29)41-23-24-42-46-30(2)26-40(28-44(46)50(5,6)48(42)47(41)49(43,3)4)68(37-19-11-33(12-20-37)53(61,62)63)38-21-13-34(14-22-38)54(64,65)66/h7-28,43,45H,1-6H3. The summed E-state index contributed by atoms with van der Waals surface area (Å²) in [5.74, 6) is -0.386. The highest BCUT2D eigenvalue weighted by Crippen LogP contribution is 2.63. The summed E-state index contributed by atoms with van der Waals surface area (Å²) < 4.78 is 164. The smallest absolute Gasteiger partial charge is 0.311 e. The molecule has 9 rings (SSSR count). The minimum absolute atomic E-state index is 0.151. The Kier molecular flexibility index (Phi) is 10.7. The molecule has 2 nitrogen and oxygen atoms in total. The molecule has 2 atom stereocenters.